The van der Waals surface area contributed by atoms with Gasteiger partial charge in [0.05, 0.1) is 0 Å². The van der Waals surface area contributed by atoms with Crippen LogP contribution in [0.1, 0.15) is 0 Å². The van der Waals surface area contributed by atoms with Crippen molar-refractivity contribution in [2.45, 2.75) is 0 Å². The van der Waals surface area contributed by atoms with Gasteiger partial charge in [0, 0.05) is 16.8 Å². The van der Waals surface area contributed by atoms with Gasteiger partial charge in [0.2, 0.25) is 0 Å². The topological polar surface area (TPSA) is 47.6 Å². The van der Waals surface area contributed by atoms with Gasteiger partial charge in [-0.05, 0) is 0 Å². The fourth-order valence-electron chi connectivity index (χ4n) is 0. The summed E-state index contributed by atoms with van der Waals surface area (Å²) in [6, 6.07) is 0. The van der Waals surface area contributed by atoms with Gasteiger partial charge in [-0.15, -0.1) is 0 Å². The Kier molecular flexibility index (Phi) is 14000000. The van der Waals surface area contributed by atoms with Gasteiger partial charge in [-0.25, -0.2) is 0 Å². The summed E-state index contributed by atoms with van der Waals surface area (Å²) in [6.45, 7) is 9.50. The minimum atomic E-state index is 0. The Labute approximate surface area is 57.8 Å². The van der Waals surface area contributed by atoms with Crippen LogP contribution < -0.4 is 0 Å². The van der Waals surface area contributed by atoms with Gasteiger partial charge in [-0.3, -0.25) is 0 Å². The van der Waals surface area contributed by atoms with Crippen LogP contribution in [0.2, 0.25) is 0 Å². The first-order chi connectivity index (χ1) is 2.00. The van der Waals surface area contributed by atoms with Crippen LogP contribution in [0.4, 0.5) is 0 Å². The van der Waals surface area contributed by atoms with Crippen molar-refractivity contribution in [2.24, 2.45) is 0 Å². The second kappa shape index (κ2) is 2250000. The maximum absolute atomic E-state index is 6.25. The van der Waals surface area contributed by atoms with Crippen LogP contribution in [0, 0.1) is 23.7 Å². The molecule has 0 saturated heterocycles. The van der Waals surface area contributed by atoms with Crippen molar-refractivity contribution in [3.63, 3.8) is 0 Å². The summed E-state index contributed by atoms with van der Waals surface area (Å²) in [5.74, 6) is 0. The third-order valence-electron chi connectivity index (χ3n) is 0. The Balaban J connectivity index is -0.00000000500. The molecule has 2 radical (unpaired) electrons. The Morgan fingerprint density at radius 1 is 0.833 bits per heavy atom. The standard InChI is InChI=1S/2CN.Co.Cu/c2*1-2;;/q2*-1;;+2. The summed E-state index contributed by atoms with van der Waals surface area (Å²) in [4.78, 5) is 0. The molecule has 0 aliphatic heterocycles. The molecule has 0 bridgehead atoms. The SMILES string of the molecule is [C-]#N.[C-]#N.[Co].[Cu+2]. The van der Waals surface area contributed by atoms with Gasteiger partial charge in [0.15, 0.2) is 0 Å². The van der Waals surface area contributed by atoms with E-state index in [1.165, 1.54) is 0 Å². The van der Waals surface area contributed by atoms with Crippen LogP contribution in [0.25, 0.3) is 0 Å². The normalized spacial score (nSPS) is 0.667. The third kappa shape index (κ3) is 1010000. The van der Waals surface area contributed by atoms with Crippen molar-refractivity contribution < 1.29 is 33.8 Å². The summed E-state index contributed by atoms with van der Waals surface area (Å²) < 4.78 is 0. The molecule has 0 saturated carbocycles. The fraction of sp³-hybridized carbons (Fsp3) is 0. The van der Waals surface area contributed by atoms with Crippen molar-refractivity contribution in [3.8, 4) is 0 Å². The van der Waals surface area contributed by atoms with Crippen LogP contribution in [-0.4, -0.2) is 0 Å². The minimum absolute atomic E-state index is 0. The van der Waals surface area contributed by atoms with Crippen molar-refractivity contribution >= 4 is 0 Å². The van der Waals surface area contributed by atoms with Crippen LogP contribution in [0.3, 0.4) is 0 Å². The summed E-state index contributed by atoms with van der Waals surface area (Å²) in [5, 5.41) is 12.5. The van der Waals surface area contributed by atoms with Gasteiger partial charge in [-0.2, -0.15) is 0 Å². The number of nitrogens with zero attached hydrogens (tertiary/aromatic N) is 2. The van der Waals surface area contributed by atoms with E-state index >= 15 is 0 Å². The van der Waals surface area contributed by atoms with E-state index in [0.717, 1.165) is 0 Å². The van der Waals surface area contributed by atoms with E-state index in [-0.39, 0.29) is 33.8 Å². The second-order valence-corrected chi connectivity index (χ2v) is 0. The average molecular weight is 175 g/mol. The molecule has 0 N–H and O–H groups in total. The van der Waals surface area contributed by atoms with Crippen molar-refractivity contribution in [1.82, 2.24) is 0 Å². The largest absolute Gasteiger partial charge is 2.00 e. The van der Waals surface area contributed by atoms with Gasteiger partial charge in [0.25, 0.3) is 0 Å². The van der Waals surface area contributed by atoms with Gasteiger partial charge in [0.1, 0.15) is 0 Å². The second-order valence-electron chi connectivity index (χ2n) is 0. The Morgan fingerprint density at radius 2 is 0.833 bits per heavy atom. The predicted octanol–water partition coefficient (Wildman–Crippen LogP) is 0.188. The van der Waals surface area contributed by atoms with E-state index in [9.17, 15) is 0 Å². The Morgan fingerprint density at radius 3 is 0.833 bits per heavy atom. The molecule has 0 heterocycles. The average Bonchev–Trinajstić information content (AvgIpc) is 1.50. The Bertz CT molecular complexity index is 27.0. The van der Waals surface area contributed by atoms with Crippen LogP contribution >= 0.6 is 0 Å². The molecular formula is C2CoCuN2. The molecule has 0 aromatic carbocycles. The van der Waals surface area contributed by atoms with E-state index in [1.54, 1.807) is 0 Å². The zero-order valence-corrected chi connectivity index (χ0v) is 4.51. The summed E-state index contributed by atoms with van der Waals surface area (Å²) in [5.41, 5.74) is 0. The van der Waals surface area contributed by atoms with Gasteiger partial charge >= 0.3 is 17.1 Å². The molecule has 0 rings (SSSR count). The van der Waals surface area contributed by atoms with E-state index < -0.39 is 0 Å². The molecule has 0 unspecified atom stereocenters. The zero-order chi connectivity index (χ0) is 4.00. The molecule has 0 spiro atoms. The summed E-state index contributed by atoms with van der Waals surface area (Å²) in [7, 11) is 0. The quantitative estimate of drug-likeness (QED) is 0.389. The molecule has 0 aromatic heterocycles. The van der Waals surface area contributed by atoms with E-state index in [1.807, 2.05) is 0 Å². The monoisotopic (exact) mass is 174 g/mol. The van der Waals surface area contributed by atoms with Crippen molar-refractivity contribution in [2.75, 3.05) is 0 Å². The maximum Gasteiger partial charge on any atom is 2.00 e. The van der Waals surface area contributed by atoms with Crippen molar-refractivity contribution in [1.29, 1.82) is 10.5 Å². The fourth-order valence-corrected chi connectivity index (χ4v) is 0. The summed E-state index contributed by atoms with van der Waals surface area (Å²) in [6.07, 6.45) is 0. The molecule has 0 aromatic rings. The van der Waals surface area contributed by atoms with Gasteiger partial charge < -0.3 is 23.7 Å². The van der Waals surface area contributed by atoms with Crippen molar-refractivity contribution in [3.05, 3.63) is 13.1 Å². The molecule has 0 fully saturated rings. The molecule has 0 aliphatic carbocycles. The Hall–Kier alpha value is 0.00597. The first-order valence-electron chi connectivity index (χ1n) is 0.447. The molecule has 4 heteroatoms. The summed E-state index contributed by atoms with van der Waals surface area (Å²) >= 11 is 0. The first kappa shape index (κ1) is 37.4. The molecule has 38 valence electrons. The minimum Gasteiger partial charge on any atom is -0.512 e. The molecule has 0 atom stereocenters. The molecule has 0 aliphatic rings. The van der Waals surface area contributed by atoms with Gasteiger partial charge in [-0.1, -0.05) is 0 Å². The molecular weight excluding hydrogens is 175 g/mol. The third-order valence-corrected chi connectivity index (χ3v) is 0. The number of hydrogen-bond donors (Lipinski definition) is 0. The molecule has 2 nitrogen and oxygen atoms in total. The maximum atomic E-state index is 6.25. The predicted molar refractivity (Wildman–Crippen MR) is 9.94 cm³/mol. The number of hydrogen-bond acceptors (Lipinski definition) is 2. The first-order valence-corrected chi connectivity index (χ1v) is 0.447. The number of rotatable bonds is 0. The van der Waals surface area contributed by atoms with E-state index in [2.05, 4.69) is 0 Å². The molecule has 6 heavy (non-hydrogen) atoms. The van der Waals surface area contributed by atoms with Crippen LogP contribution in [0.15, 0.2) is 0 Å². The molecule has 0 amide bonds. The van der Waals surface area contributed by atoms with E-state index in [0.29, 0.717) is 0 Å². The van der Waals surface area contributed by atoms with E-state index in [4.69, 9.17) is 23.7 Å². The van der Waals surface area contributed by atoms with Crippen LogP contribution in [-0.2, 0) is 33.8 Å². The van der Waals surface area contributed by atoms with Crippen LogP contribution in [0.5, 0.6) is 0 Å². The zero-order valence-electron chi connectivity index (χ0n) is 2.53. The smallest absolute Gasteiger partial charge is 0.512 e.